The highest BCUT2D eigenvalue weighted by Gasteiger charge is 2.07. The maximum atomic E-state index is 4.41. The minimum Gasteiger partial charge on any atom is -0.350 e. The molecule has 7 heteroatoms. The Bertz CT molecular complexity index is 848. The highest BCUT2D eigenvalue weighted by molar-refractivity contribution is 5.79. The summed E-state index contributed by atoms with van der Waals surface area (Å²) in [7, 11) is 3.76. The third kappa shape index (κ3) is 5.01. The number of aromatic nitrogens is 3. The van der Waals surface area contributed by atoms with Crippen molar-refractivity contribution in [3.63, 3.8) is 0 Å². The fourth-order valence-electron chi connectivity index (χ4n) is 2.17. The monoisotopic (exact) mass is 347 g/mol. The number of hydrazone groups is 1. The minimum absolute atomic E-state index is 0.381. The molecule has 1 aromatic heterocycles. The predicted molar refractivity (Wildman–Crippen MR) is 106 cm³/mol. The van der Waals surface area contributed by atoms with Crippen LogP contribution in [0.25, 0.3) is 0 Å². The van der Waals surface area contributed by atoms with Crippen molar-refractivity contribution in [2.45, 2.75) is 6.54 Å². The van der Waals surface area contributed by atoms with Crippen molar-refractivity contribution in [2.24, 2.45) is 5.10 Å². The standard InChI is InChI=1S/C19H21N7/c1-26(2)19-23-17(20-13-15-9-5-3-6-10-15)22-18(24-19)25-21-14-16-11-7-4-8-12-16/h3-12,14H,13H2,1-2H3,(H2,20,22,23,24,25). The molecule has 0 saturated heterocycles. The molecule has 0 spiro atoms. The molecule has 0 atom stereocenters. The van der Waals surface area contributed by atoms with Crippen LogP contribution in [0.1, 0.15) is 11.1 Å². The molecule has 0 amide bonds. The maximum Gasteiger partial charge on any atom is 0.250 e. The van der Waals surface area contributed by atoms with E-state index in [0.29, 0.717) is 24.4 Å². The quantitative estimate of drug-likeness (QED) is 0.505. The molecule has 132 valence electrons. The summed E-state index contributed by atoms with van der Waals surface area (Å²) < 4.78 is 0. The smallest absolute Gasteiger partial charge is 0.250 e. The lowest BCUT2D eigenvalue weighted by molar-refractivity contribution is 0.940. The Kier molecular flexibility index (Phi) is 5.72. The van der Waals surface area contributed by atoms with Crippen molar-refractivity contribution in [1.29, 1.82) is 0 Å². The maximum absolute atomic E-state index is 4.41. The van der Waals surface area contributed by atoms with E-state index >= 15 is 0 Å². The molecule has 2 N–H and O–H groups in total. The molecule has 7 nitrogen and oxygen atoms in total. The second-order valence-electron chi connectivity index (χ2n) is 5.80. The minimum atomic E-state index is 0.381. The second-order valence-corrected chi connectivity index (χ2v) is 5.80. The lowest BCUT2D eigenvalue weighted by atomic mass is 10.2. The second kappa shape index (κ2) is 8.57. The van der Waals surface area contributed by atoms with E-state index in [1.807, 2.05) is 79.7 Å². The van der Waals surface area contributed by atoms with Gasteiger partial charge in [0.05, 0.1) is 6.21 Å². The number of hydrogen-bond acceptors (Lipinski definition) is 7. The van der Waals surface area contributed by atoms with Crippen molar-refractivity contribution >= 4 is 24.1 Å². The van der Waals surface area contributed by atoms with Crippen LogP contribution in [0.3, 0.4) is 0 Å². The first-order valence-corrected chi connectivity index (χ1v) is 8.26. The molecule has 26 heavy (non-hydrogen) atoms. The molecule has 0 radical (unpaired) electrons. The fraction of sp³-hybridized carbons (Fsp3) is 0.158. The van der Waals surface area contributed by atoms with Gasteiger partial charge in [0.1, 0.15) is 0 Å². The van der Waals surface area contributed by atoms with Gasteiger partial charge in [-0.25, -0.2) is 5.43 Å². The molecule has 0 unspecified atom stereocenters. The van der Waals surface area contributed by atoms with E-state index < -0.39 is 0 Å². The normalized spacial score (nSPS) is 10.7. The summed E-state index contributed by atoms with van der Waals surface area (Å²) in [6.07, 6.45) is 1.72. The third-order valence-electron chi connectivity index (χ3n) is 3.49. The highest BCUT2D eigenvalue weighted by atomic mass is 15.4. The van der Waals surface area contributed by atoms with Gasteiger partial charge in [-0.3, -0.25) is 0 Å². The van der Waals surface area contributed by atoms with E-state index in [0.717, 1.165) is 11.1 Å². The zero-order valence-electron chi connectivity index (χ0n) is 14.8. The Morgan fingerprint density at radius 3 is 2.23 bits per heavy atom. The van der Waals surface area contributed by atoms with Crippen molar-refractivity contribution in [3.8, 4) is 0 Å². The molecule has 0 fully saturated rings. The van der Waals surface area contributed by atoms with E-state index in [4.69, 9.17) is 0 Å². The van der Waals surface area contributed by atoms with E-state index in [2.05, 4.69) is 30.8 Å². The molecule has 0 aliphatic heterocycles. The van der Waals surface area contributed by atoms with Crippen LogP contribution in [0.4, 0.5) is 17.8 Å². The summed E-state index contributed by atoms with van der Waals surface area (Å²) in [5.41, 5.74) is 5.01. The number of nitrogens with one attached hydrogen (secondary N) is 2. The van der Waals surface area contributed by atoms with E-state index in [-0.39, 0.29) is 0 Å². The first-order chi connectivity index (χ1) is 12.7. The zero-order valence-corrected chi connectivity index (χ0v) is 14.8. The van der Waals surface area contributed by atoms with Crippen LogP contribution in [-0.2, 0) is 6.54 Å². The Morgan fingerprint density at radius 2 is 1.54 bits per heavy atom. The first-order valence-electron chi connectivity index (χ1n) is 8.26. The van der Waals surface area contributed by atoms with Crippen molar-refractivity contribution < 1.29 is 0 Å². The van der Waals surface area contributed by atoms with Gasteiger partial charge in [0.2, 0.25) is 17.8 Å². The lowest BCUT2D eigenvalue weighted by Crippen LogP contribution is -2.16. The number of rotatable bonds is 7. The fourth-order valence-corrected chi connectivity index (χ4v) is 2.17. The van der Waals surface area contributed by atoms with Crippen LogP contribution in [0.2, 0.25) is 0 Å². The Hall–Kier alpha value is -3.48. The van der Waals surface area contributed by atoms with E-state index in [9.17, 15) is 0 Å². The van der Waals surface area contributed by atoms with Crippen molar-refractivity contribution in [3.05, 3.63) is 71.8 Å². The van der Waals surface area contributed by atoms with Gasteiger partial charge in [-0.1, -0.05) is 60.7 Å². The van der Waals surface area contributed by atoms with Crippen LogP contribution in [0.15, 0.2) is 65.8 Å². The third-order valence-corrected chi connectivity index (χ3v) is 3.49. The van der Waals surface area contributed by atoms with Gasteiger partial charge in [0.15, 0.2) is 0 Å². The number of hydrogen-bond donors (Lipinski definition) is 2. The van der Waals surface area contributed by atoms with Gasteiger partial charge in [-0.2, -0.15) is 20.1 Å². The summed E-state index contributed by atoms with van der Waals surface area (Å²) in [4.78, 5) is 15.0. The number of nitrogens with zero attached hydrogens (tertiary/aromatic N) is 5. The molecular weight excluding hydrogens is 326 g/mol. The summed E-state index contributed by atoms with van der Waals surface area (Å²) in [6.45, 7) is 0.629. The molecule has 1 heterocycles. The largest absolute Gasteiger partial charge is 0.350 e. The molecule has 0 aliphatic carbocycles. The van der Waals surface area contributed by atoms with Crippen LogP contribution in [0.5, 0.6) is 0 Å². The average molecular weight is 347 g/mol. The summed E-state index contributed by atoms with van der Waals surface area (Å²) in [5, 5.41) is 7.42. The Morgan fingerprint density at radius 1 is 0.885 bits per heavy atom. The molecule has 3 rings (SSSR count). The van der Waals surface area contributed by atoms with Gasteiger partial charge in [-0.05, 0) is 11.1 Å². The Balaban J connectivity index is 1.72. The molecule has 0 aliphatic rings. The highest BCUT2D eigenvalue weighted by Crippen LogP contribution is 2.12. The van der Waals surface area contributed by atoms with Crippen LogP contribution in [0, 0.1) is 0 Å². The summed E-state index contributed by atoms with van der Waals surface area (Å²) in [5.74, 6) is 1.42. The molecule has 0 saturated carbocycles. The zero-order chi connectivity index (χ0) is 18.2. The molecule has 0 bridgehead atoms. The topological polar surface area (TPSA) is 78.3 Å². The van der Waals surface area contributed by atoms with Gasteiger partial charge >= 0.3 is 0 Å². The molecule has 3 aromatic rings. The van der Waals surface area contributed by atoms with Gasteiger partial charge in [0.25, 0.3) is 0 Å². The Labute approximate surface area is 152 Å². The van der Waals surface area contributed by atoms with Gasteiger partial charge < -0.3 is 10.2 Å². The number of benzene rings is 2. The first kappa shape index (κ1) is 17.3. The SMILES string of the molecule is CN(C)c1nc(NCc2ccccc2)nc(NN=Cc2ccccc2)n1. The van der Waals surface area contributed by atoms with E-state index in [1.54, 1.807) is 6.21 Å². The van der Waals surface area contributed by atoms with Gasteiger partial charge in [-0.15, -0.1) is 0 Å². The lowest BCUT2D eigenvalue weighted by Gasteiger charge is -2.13. The molecule has 2 aromatic carbocycles. The van der Waals surface area contributed by atoms with Crippen LogP contribution < -0.4 is 15.6 Å². The predicted octanol–water partition coefficient (Wildman–Crippen LogP) is 3.00. The molecular formula is C19H21N7. The van der Waals surface area contributed by atoms with Crippen LogP contribution in [-0.4, -0.2) is 35.3 Å². The van der Waals surface area contributed by atoms with Crippen LogP contribution >= 0.6 is 0 Å². The van der Waals surface area contributed by atoms with E-state index in [1.165, 1.54) is 0 Å². The van der Waals surface area contributed by atoms with Crippen molar-refractivity contribution in [2.75, 3.05) is 29.7 Å². The summed E-state index contributed by atoms with van der Waals surface area (Å²) >= 11 is 0. The summed E-state index contributed by atoms with van der Waals surface area (Å²) in [6, 6.07) is 19.9. The van der Waals surface area contributed by atoms with Crippen molar-refractivity contribution in [1.82, 2.24) is 15.0 Å². The van der Waals surface area contributed by atoms with Gasteiger partial charge in [0, 0.05) is 20.6 Å². The average Bonchev–Trinajstić information content (AvgIpc) is 2.68. The number of anilines is 3.